The van der Waals surface area contributed by atoms with Gasteiger partial charge in [-0.3, -0.25) is 4.79 Å². The summed E-state index contributed by atoms with van der Waals surface area (Å²) in [6, 6.07) is 11.5. The Morgan fingerprint density at radius 3 is 2.45 bits per heavy atom. The summed E-state index contributed by atoms with van der Waals surface area (Å²) in [6.45, 7) is 10.9. The molecule has 0 unspecified atom stereocenters. The van der Waals surface area contributed by atoms with E-state index in [9.17, 15) is 9.59 Å². The maximum atomic E-state index is 12.3. The average molecular weight is 425 g/mol. The number of nitrogens with zero attached hydrogens (tertiary/aromatic N) is 2. The van der Waals surface area contributed by atoms with Gasteiger partial charge in [-0.1, -0.05) is 18.2 Å². The van der Waals surface area contributed by atoms with Crippen LogP contribution in [0.4, 0.5) is 4.79 Å². The molecule has 2 heterocycles. The highest BCUT2D eigenvalue weighted by atomic mass is 16.6. The first-order chi connectivity index (χ1) is 14.6. The number of amides is 1. The van der Waals surface area contributed by atoms with E-state index in [0.717, 1.165) is 29.7 Å². The predicted octanol–water partition coefficient (Wildman–Crippen LogP) is 5.29. The van der Waals surface area contributed by atoms with Gasteiger partial charge in [0.1, 0.15) is 12.2 Å². The van der Waals surface area contributed by atoms with Crippen LogP contribution in [0.3, 0.4) is 0 Å². The predicted molar refractivity (Wildman–Crippen MR) is 120 cm³/mol. The van der Waals surface area contributed by atoms with Gasteiger partial charge in [0, 0.05) is 36.3 Å². The summed E-state index contributed by atoms with van der Waals surface area (Å²) >= 11 is 0. The molecule has 1 aliphatic rings. The number of hydrogen-bond acceptors (Lipinski definition) is 5. The number of carbonyl (C=O) groups excluding carboxylic acids is 2. The van der Waals surface area contributed by atoms with Crippen molar-refractivity contribution < 1.29 is 19.1 Å². The number of rotatable bonds is 5. The van der Waals surface area contributed by atoms with Gasteiger partial charge < -0.3 is 14.4 Å². The first-order valence-corrected chi connectivity index (χ1v) is 10.8. The van der Waals surface area contributed by atoms with E-state index in [1.807, 2.05) is 64.1 Å². The van der Waals surface area contributed by atoms with E-state index in [2.05, 4.69) is 0 Å². The normalized spacial score (nSPS) is 14.9. The Kier molecular flexibility index (Phi) is 6.98. The Morgan fingerprint density at radius 1 is 1.13 bits per heavy atom. The van der Waals surface area contributed by atoms with Crippen LogP contribution in [-0.2, 0) is 11.3 Å². The molecule has 0 radical (unpaired) electrons. The van der Waals surface area contributed by atoms with E-state index in [1.165, 1.54) is 0 Å². The number of aryl methyl sites for hydroxylation is 1. The Hall–Kier alpha value is -2.89. The summed E-state index contributed by atoms with van der Waals surface area (Å²) in [5, 5.41) is 0. The smallest absolute Gasteiger partial charge is 0.410 e. The van der Waals surface area contributed by atoms with Crippen LogP contribution in [0.25, 0.3) is 0 Å². The van der Waals surface area contributed by atoms with E-state index in [-0.39, 0.29) is 11.9 Å². The lowest BCUT2D eigenvalue weighted by atomic mass is 9.93. The van der Waals surface area contributed by atoms with Crippen molar-refractivity contribution in [1.29, 1.82) is 0 Å². The van der Waals surface area contributed by atoms with Crippen molar-refractivity contribution >= 4 is 11.9 Å². The van der Waals surface area contributed by atoms with Crippen LogP contribution in [-0.4, -0.2) is 40.5 Å². The molecule has 0 N–H and O–H groups in total. The molecular weight excluding hydrogens is 392 g/mol. The lowest BCUT2D eigenvalue weighted by molar-refractivity contribution is 0.0203. The van der Waals surface area contributed by atoms with Crippen LogP contribution in [0, 0.1) is 6.92 Å². The third-order valence-electron chi connectivity index (χ3n) is 5.43. The molecule has 0 bridgehead atoms. The highest BCUT2D eigenvalue weighted by molar-refractivity contribution is 5.94. The number of likely N-dealkylation sites (tertiary alicyclic amines) is 1. The molecule has 0 spiro atoms. The number of aromatic nitrogens is 1. The Morgan fingerprint density at radius 2 is 1.84 bits per heavy atom. The van der Waals surface area contributed by atoms with Gasteiger partial charge in [-0.25, -0.2) is 9.78 Å². The molecule has 6 heteroatoms. The van der Waals surface area contributed by atoms with Gasteiger partial charge in [0.25, 0.3) is 0 Å². The minimum Gasteiger partial charge on any atom is -0.473 e. The lowest BCUT2D eigenvalue weighted by Gasteiger charge is -2.33. The van der Waals surface area contributed by atoms with Crippen LogP contribution in [0.15, 0.2) is 36.4 Å². The van der Waals surface area contributed by atoms with E-state index in [0.29, 0.717) is 37.1 Å². The van der Waals surface area contributed by atoms with Gasteiger partial charge in [0.2, 0.25) is 5.88 Å². The van der Waals surface area contributed by atoms with Gasteiger partial charge in [-0.05, 0) is 70.7 Å². The van der Waals surface area contributed by atoms with Crippen LogP contribution >= 0.6 is 0 Å². The number of Topliss-reactive ketones (excluding diaryl/α,β-unsaturated/α-hetero) is 1. The molecule has 3 rings (SSSR count). The summed E-state index contributed by atoms with van der Waals surface area (Å²) in [5.41, 5.74) is 3.27. The maximum absolute atomic E-state index is 12.3. The van der Waals surface area contributed by atoms with Gasteiger partial charge in [0.15, 0.2) is 5.78 Å². The zero-order valence-corrected chi connectivity index (χ0v) is 19.1. The molecule has 166 valence electrons. The van der Waals surface area contributed by atoms with Crippen molar-refractivity contribution in [2.24, 2.45) is 0 Å². The molecule has 1 saturated heterocycles. The number of pyridine rings is 1. The molecule has 31 heavy (non-hydrogen) atoms. The molecule has 1 fully saturated rings. The second kappa shape index (κ2) is 9.50. The van der Waals surface area contributed by atoms with Crippen LogP contribution < -0.4 is 4.74 Å². The third-order valence-corrected chi connectivity index (χ3v) is 5.43. The first-order valence-electron chi connectivity index (χ1n) is 10.8. The lowest BCUT2D eigenvalue weighted by Crippen LogP contribution is -2.41. The summed E-state index contributed by atoms with van der Waals surface area (Å²) in [7, 11) is 0. The van der Waals surface area contributed by atoms with Crippen molar-refractivity contribution in [3.8, 4) is 5.88 Å². The highest BCUT2D eigenvalue weighted by Gasteiger charge is 2.28. The van der Waals surface area contributed by atoms with Gasteiger partial charge >= 0.3 is 6.09 Å². The summed E-state index contributed by atoms with van der Waals surface area (Å²) in [6.07, 6.45) is 1.45. The fourth-order valence-electron chi connectivity index (χ4n) is 3.65. The summed E-state index contributed by atoms with van der Waals surface area (Å²) in [5.74, 6) is 0.934. The molecule has 2 aromatic rings. The van der Waals surface area contributed by atoms with Crippen molar-refractivity contribution in [2.45, 2.75) is 65.6 Å². The first kappa shape index (κ1) is 22.8. The number of benzene rings is 1. The second-order valence-corrected chi connectivity index (χ2v) is 9.13. The van der Waals surface area contributed by atoms with Crippen molar-refractivity contribution in [1.82, 2.24) is 9.88 Å². The number of ketones is 1. The van der Waals surface area contributed by atoms with E-state index < -0.39 is 5.60 Å². The topological polar surface area (TPSA) is 68.7 Å². The van der Waals surface area contributed by atoms with Crippen LogP contribution in [0.5, 0.6) is 5.88 Å². The molecule has 6 nitrogen and oxygen atoms in total. The number of piperidine rings is 1. The number of carbonyl (C=O) groups is 2. The molecule has 0 atom stereocenters. The standard InChI is InChI=1S/C25H32N2O4/c1-17-15-20(18(2)28)9-10-21(17)16-30-23-8-6-7-22(26-23)19-11-13-27(14-12-19)24(29)31-25(3,4)5/h6-10,15,19H,11-14,16H2,1-5H3. The maximum Gasteiger partial charge on any atom is 0.410 e. The Balaban J connectivity index is 1.57. The quantitative estimate of drug-likeness (QED) is 0.610. The fourth-order valence-corrected chi connectivity index (χ4v) is 3.65. The molecular formula is C25H32N2O4. The second-order valence-electron chi connectivity index (χ2n) is 9.13. The SMILES string of the molecule is CC(=O)c1ccc(COc2cccc(C3CCN(C(=O)OC(C)(C)C)CC3)n2)c(C)c1. The van der Waals surface area contributed by atoms with E-state index in [1.54, 1.807) is 11.8 Å². The summed E-state index contributed by atoms with van der Waals surface area (Å²) in [4.78, 5) is 30.3. The van der Waals surface area contributed by atoms with Crippen LogP contribution in [0.2, 0.25) is 0 Å². The fraction of sp³-hybridized carbons (Fsp3) is 0.480. The monoisotopic (exact) mass is 424 g/mol. The molecule has 1 amide bonds. The molecule has 0 saturated carbocycles. The number of ether oxygens (including phenoxy) is 2. The number of hydrogen-bond donors (Lipinski definition) is 0. The van der Waals surface area contributed by atoms with E-state index >= 15 is 0 Å². The highest BCUT2D eigenvalue weighted by Crippen LogP contribution is 2.29. The summed E-state index contributed by atoms with van der Waals surface area (Å²) < 4.78 is 11.4. The molecule has 1 aliphatic heterocycles. The van der Waals surface area contributed by atoms with Crippen molar-refractivity contribution in [2.75, 3.05) is 13.1 Å². The van der Waals surface area contributed by atoms with Gasteiger partial charge in [-0.2, -0.15) is 0 Å². The zero-order valence-electron chi connectivity index (χ0n) is 19.1. The molecule has 0 aliphatic carbocycles. The minimum atomic E-state index is -0.480. The van der Waals surface area contributed by atoms with Crippen LogP contribution in [0.1, 0.15) is 73.6 Å². The largest absolute Gasteiger partial charge is 0.473 e. The Labute approximate surface area is 184 Å². The molecule has 1 aromatic heterocycles. The van der Waals surface area contributed by atoms with Gasteiger partial charge in [0.05, 0.1) is 0 Å². The Bertz CT molecular complexity index is 941. The average Bonchev–Trinajstić information content (AvgIpc) is 2.72. The third kappa shape index (κ3) is 6.29. The van der Waals surface area contributed by atoms with E-state index in [4.69, 9.17) is 14.5 Å². The molecule has 1 aromatic carbocycles. The van der Waals surface area contributed by atoms with Crippen molar-refractivity contribution in [3.63, 3.8) is 0 Å². The zero-order chi connectivity index (χ0) is 22.6. The van der Waals surface area contributed by atoms with Crippen molar-refractivity contribution in [3.05, 3.63) is 58.8 Å². The minimum absolute atomic E-state index is 0.0580. The van der Waals surface area contributed by atoms with Gasteiger partial charge in [-0.15, -0.1) is 0 Å².